The van der Waals surface area contributed by atoms with Gasteiger partial charge in [0.1, 0.15) is 30.3 Å². The van der Waals surface area contributed by atoms with E-state index in [1.54, 1.807) is 32.1 Å². The van der Waals surface area contributed by atoms with Gasteiger partial charge in [-0.05, 0) is 50.1 Å². The molecule has 0 fully saturated rings. The molecule has 0 aliphatic carbocycles. The van der Waals surface area contributed by atoms with Gasteiger partial charge >= 0.3 is 12.1 Å². The Bertz CT molecular complexity index is 1190. The first kappa shape index (κ1) is 25.6. The van der Waals surface area contributed by atoms with Gasteiger partial charge in [-0.15, -0.1) is 0 Å². The van der Waals surface area contributed by atoms with Crippen LogP contribution < -0.4 is 14.2 Å². The molecule has 192 valence electrons. The van der Waals surface area contributed by atoms with Gasteiger partial charge in [-0.2, -0.15) is 13.2 Å². The second-order valence-corrected chi connectivity index (χ2v) is 8.97. The van der Waals surface area contributed by atoms with Crippen molar-refractivity contribution in [1.82, 2.24) is 9.88 Å². The topological polar surface area (TPSA) is 81.1 Å². The number of carbonyl (C=O) groups is 1. The van der Waals surface area contributed by atoms with Crippen LogP contribution in [0.5, 0.6) is 17.4 Å². The van der Waals surface area contributed by atoms with Crippen LogP contribution in [-0.2, 0) is 17.6 Å². The number of halogens is 3. The smallest absolute Gasteiger partial charge is 0.421 e. The quantitative estimate of drug-likeness (QED) is 0.544. The summed E-state index contributed by atoms with van der Waals surface area (Å²) in [6.45, 7) is 5.30. The van der Waals surface area contributed by atoms with Gasteiger partial charge in [0.25, 0.3) is 0 Å². The highest BCUT2D eigenvalue weighted by molar-refractivity contribution is 5.87. The van der Waals surface area contributed by atoms with Gasteiger partial charge in [0.2, 0.25) is 5.88 Å². The van der Waals surface area contributed by atoms with Crippen LogP contribution in [0.3, 0.4) is 0 Å². The molecule has 0 atom stereocenters. The van der Waals surface area contributed by atoms with Gasteiger partial charge in [0, 0.05) is 48.6 Å². The molecule has 0 saturated heterocycles. The molecular formula is C26H27F3N2O5. The number of fused-ring (bicyclic) bond motifs is 1. The molecule has 1 N–H and O–H groups in total. The number of benzene rings is 1. The van der Waals surface area contributed by atoms with Crippen molar-refractivity contribution in [3.05, 3.63) is 64.4 Å². The Morgan fingerprint density at radius 2 is 2.08 bits per heavy atom. The normalized spacial score (nSPS) is 16.1. The zero-order valence-electron chi connectivity index (χ0n) is 20.0. The minimum atomic E-state index is -4.60. The Kier molecular flexibility index (Phi) is 7.53. The Morgan fingerprint density at radius 3 is 2.81 bits per heavy atom. The van der Waals surface area contributed by atoms with Gasteiger partial charge in [-0.3, -0.25) is 4.90 Å². The number of hydrogen-bond acceptors (Lipinski definition) is 6. The molecule has 2 aromatic rings. The van der Waals surface area contributed by atoms with Crippen molar-refractivity contribution in [2.45, 2.75) is 39.2 Å². The van der Waals surface area contributed by atoms with Crippen LogP contribution in [0.15, 0.2) is 47.7 Å². The first-order valence-corrected chi connectivity index (χ1v) is 11.5. The predicted octanol–water partition coefficient (Wildman–Crippen LogP) is 4.96. The molecule has 4 rings (SSSR count). The van der Waals surface area contributed by atoms with E-state index >= 15 is 0 Å². The summed E-state index contributed by atoms with van der Waals surface area (Å²) in [6.07, 6.45) is 0.730. The number of carboxylic acid groups (broad SMARTS) is 1. The van der Waals surface area contributed by atoms with Gasteiger partial charge in [0.05, 0.1) is 6.10 Å². The number of nitrogens with zero attached hydrogens (tertiary/aromatic N) is 2. The lowest BCUT2D eigenvalue weighted by Gasteiger charge is -2.28. The molecule has 36 heavy (non-hydrogen) atoms. The SMILES string of the molecule is CC(C)Oc1ncc(COc2ccc3c(c2)OCC(CN2CCC=C(C(=O)O)C2)=C3)cc1C(F)(F)F. The summed E-state index contributed by atoms with van der Waals surface area (Å²) >= 11 is 0. The fraction of sp³-hybridized carbons (Fsp3) is 0.385. The number of aromatic nitrogens is 1. The lowest BCUT2D eigenvalue weighted by Crippen LogP contribution is -2.34. The average Bonchev–Trinajstić information content (AvgIpc) is 2.82. The lowest BCUT2D eigenvalue weighted by molar-refractivity contribution is -0.139. The summed E-state index contributed by atoms with van der Waals surface area (Å²) in [5.74, 6) is -0.285. The van der Waals surface area contributed by atoms with Crippen molar-refractivity contribution in [2.75, 3.05) is 26.2 Å². The first-order chi connectivity index (χ1) is 17.1. The standard InChI is InChI=1S/C26H27F3N2O5/c1-16(2)36-24-22(26(27,28)29)9-17(11-30-24)14-34-21-6-5-19-8-18(15-35-23(19)10-21)12-31-7-3-4-20(13-31)25(32)33/h4-6,8-11,16H,3,7,12-15H2,1-2H3,(H,32,33). The largest absolute Gasteiger partial charge is 0.489 e. The van der Waals surface area contributed by atoms with Gasteiger partial charge < -0.3 is 19.3 Å². The summed E-state index contributed by atoms with van der Waals surface area (Å²) in [5.41, 5.74) is 1.60. The van der Waals surface area contributed by atoms with Crippen LogP contribution in [0, 0.1) is 0 Å². The van der Waals surface area contributed by atoms with Crippen LogP contribution in [0.2, 0.25) is 0 Å². The lowest BCUT2D eigenvalue weighted by atomic mass is 10.0. The molecule has 0 radical (unpaired) electrons. The molecule has 3 heterocycles. The highest BCUT2D eigenvalue weighted by Crippen LogP contribution is 2.36. The number of ether oxygens (including phenoxy) is 3. The maximum atomic E-state index is 13.5. The summed E-state index contributed by atoms with van der Waals surface area (Å²) in [7, 11) is 0. The Morgan fingerprint density at radius 1 is 1.28 bits per heavy atom. The van der Waals surface area contributed by atoms with E-state index in [1.165, 1.54) is 6.20 Å². The van der Waals surface area contributed by atoms with Crippen molar-refractivity contribution in [3.8, 4) is 17.4 Å². The van der Waals surface area contributed by atoms with Crippen molar-refractivity contribution < 1.29 is 37.3 Å². The Hall–Kier alpha value is -3.53. The molecule has 0 saturated carbocycles. The van der Waals surface area contributed by atoms with Crippen LogP contribution in [-0.4, -0.2) is 53.3 Å². The van der Waals surface area contributed by atoms with Crippen molar-refractivity contribution >= 4 is 12.0 Å². The highest BCUT2D eigenvalue weighted by atomic mass is 19.4. The number of pyridine rings is 1. The van der Waals surface area contributed by atoms with E-state index in [-0.39, 0.29) is 12.2 Å². The number of rotatable bonds is 8. The third-order valence-electron chi connectivity index (χ3n) is 5.66. The molecule has 0 unspecified atom stereocenters. The highest BCUT2D eigenvalue weighted by Gasteiger charge is 2.36. The molecule has 0 spiro atoms. The number of aliphatic carboxylic acids is 1. The maximum absolute atomic E-state index is 13.5. The molecule has 0 bridgehead atoms. The van der Waals surface area contributed by atoms with E-state index in [9.17, 15) is 23.1 Å². The van der Waals surface area contributed by atoms with E-state index in [1.807, 2.05) is 12.1 Å². The second kappa shape index (κ2) is 10.6. The first-order valence-electron chi connectivity index (χ1n) is 11.5. The summed E-state index contributed by atoms with van der Waals surface area (Å²) in [6, 6.07) is 6.23. The molecule has 1 aromatic heterocycles. The van der Waals surface area contributed by atoms with E-state index in [2.05, 4.69) is 9.88 Å². The maximum Gasteiger partial charge on any atom is 0.421 e. The Labute approximate surface area is 206 Å². The minimum Gasteiger partial charge on any atom is -0.489 e. The van der Waals surface area contributed by atoms with Crippen molar-refractivity contribution in [3.63, 3.8) is 0 Å². The fourth-order valence-corrected chi connectivity index (χ4v) is 4.02. The van der Waals surface area contributed by atoms with Crippen LogP contribution in [0.25, 0.3) is 6.08 Å². The molecule has 2 aliphatic rings. The van der Waals surface area contributed by atoms with Crippen molar-refractivity contribution in [2.24, 2.45) is 0 Å². The third kappa shape index (κ3) is 6.37. The van der Waals surface area contributed by atoms with Crippen molar-refractivity contribution in [1.29, 1.82) is 0 Å². The zero-order chi connectivity index (χ0) is 25.9. The summed E-state index contributed by atoms with van der Waals surface area (Å²) in [5, 5.41) is 9.22. The molecule has 10 heteroatoms. The zero-order valence-corrected chi connectivity index (χ0v) is 20.0. The van der Waals surface area contributed by atoms with Gasteiger partial charge in [-0.1, -0.05) is 6.08 Å². The van der Waals surface area contributed by atoms with E-state index < -0.39 is 29.7 Å². The minimum absolute atomic E-state index is 0.105. The van der Waals surface area contributed by atoms with Crippen LogP contribution in [0.1, 0.15) is 37.0 Å². The number of alkyl halides is 3. The second-order valence-electron chi connectivity index (χ2n) is 8.97. The van der Waals surface area contributed by atoms with Crippen LogP contribution >= 0.6 is 0 Å². The summed E-state index contributed by atoms with van der Waals surface area (Å²) < 4.78 is 57.1. The number of hydrogen-bond donors (Lipinski definition) is 1. The monoisotopic (exact) mass is 504 g/mol. The molecular weight excluding hydrogens is 477 g/mol. The van der Waals surface area contributed by atoms with Gasteiger partial charge in [0.15, 0.2) is 0 Å². The number of carboxylic acids is 1. The van der Waals surface area contributed by atoms with Crippen LogP contribution in [0.4, 0.5) is 13.2 Å². The fourth-order valence-electron chi connectivity index (χ4n) is 4.02. The molecule has 7 nitrogen and oxygen atoms in total. The molecule has 0 amide bonds. The molecule has 1 aromatic carbocycles. The van der Waals surface area contributed by atoms with E-state index in [4.69, 9.17) is 14.2 Å². The average molecular weight is 505 g/mol. The third-order valence-corrected chi connectivity index (χ3v) is 5.66. The predicted molar refractivity (Wildman–Crippen MR) is 126 cm³/mol. The van der Waals surface area contributed by atoms with E-state index in [0.717, 1.165) is 23.7 Å². The summed E-state index contributed by atoms with van der Waals surface area (Å²) in [4.78, 5) is 17.2. The Balaban J connectivity index is 1.40. The van der Waals surface area contributed by atoms with E-state index in [0.29, 0.717) is 43.2 Å². The van der Waals surface area contributed by atoms with Gasteiger partial charge in [-0.25, -0.2) is 9.78 Å². The molecule has 2 aliphatic heterocycles.